The van der Waals surface area contributed by atoms with E-state index in [0.717, 1.165) is 29.7 Å². The van der Waals surface area contributed by atoms with E-state index in [9.17, 15) is 0 Å². The van der Waals surface area contributed by atoms with Crippen molar-refractivity contribution in [2.75, 3.05) is 0 Å². The van der Waals surface area contributed by atoms with Crippen LogP contribution in [0.4, 0.5) is 0 Å². The second-order valence-corrected chi connectivity index (χ2v) is 4.66. The molecule has 0 heterocycles. The molecule has 0 bridgehead atoms. The summed E-state index contributed by atoms with van der Waals surface area (Å²) in [4.78, 5) is 0. The highest BCUT2D eigenvalue weighted by molar-refractivity contribution is 6.20. The van der Waals surface area contributed by atoms with Crippen molar-refractivity contribution >= 4 is 22.1 Å². The first-order valence-corrected chi connectivity index (χ1v) is 6.52. The molecule has 0 aromatic carbocycles. The molecule has 2 atom stereocenters. The van der Waals surface area contributed by atoms with Crippen LogP contribution in [0.1, 0.15) is 47.0 Å². The molecule has 0 saturated heterocycles. The Balaban J connectivity index is 4.52. The molecule has 0 aliphatic heterocycles. The number of halogens is 1. The molecule has 80 valence electrons. The predicted octanol–water partition coefficient (Wildman–Crippen LogP) is 2.50. The molecule has 0 radical (unpaired) electrons. The lowest BCUT2D eigenvalue weighted by Gasteiger charge is -2.39. The van der Waals surface area contributed by atoms with Crippen LogP contribution in [-0.2, 0) is 4.43 Å². The lowest BCUT2D eigenvalue weighted by Crippen LogP contribution is -2.42. The van der Waals surface area contributed by atoms with Crippen LogP contribution < -0.4 is 0 Å². The number of hydrogen-bond acceptors (Lipinski definition) is 1. The maximum atomic E-state index is 6.27. The van der Waals surface area contributed by atoms with Gasteiger partial charge >= 0.3 is 0 Å². The first-order valence-electron chi connectivity index (χ1n) is 5.27. The summed E-state index contributed by atoms with van der Waals surface area (Å²) in [6.45, 7) is 8.73. The van der Waals surface area contributed by atoms with Crippen LogP contribution in [0.3, 0.4) is 0 Å². The van der Waals surface area contributed by atoms with E-state index in [-0.39, 0.29) is 11.0 Å². The fourth-order valence-electron chi connectivity index (χ4n) is 2.05. The van der Waals surface area contributed by atoms with Crippen molar-refractivity contribution < 1.29 is 4.43 Å². The van der Waals surface area contributed by atoms with E-state index in [2.05, 4.69) is 27.7 Å². The molecule has 0 rings (SSSR count). The second kappa shape index (κ2) is 6.05. The Bertz CT molecular complexity index is 129. The van der Waals surface area contributed by atoms with E-state index in [1.54, 1.807) is 0 Å². The highest BCUT2D eigenvalue weighted by Gasteiger charge is 2.35. The van der Waals surface area contributed by atoms with Crippen molar-refractivity contribution in [3.8, 4) is 0 Å². The fraction of sp³-hybridized carbons (Fsp3) is 1.00. The number of rotatable bonds is 6. The Morgan fingerprint density at radius 2 is 1.77 bits per heavy atom. The van der Waals surface area contributed by atoms with Crippen LogP contribution in [0.25, 0.3) is 0 Å². The van der Waals surface area contributed by atoms with E-state index >= 15 is 0 Å². The van der Waals surface area contributed by atoms with Crippen LogP contribution in [0.5, 0.6) is 0 Å². The zero-order valence-corrected chi connectivity index (χ0v) is 12.3. The summed E-state index contributed by atoms with van der Waals surface area (Å²) in [5, 5.41) is 0.244. The minimum absolute atomic E-state index is 0.0364. The number of alkyl halides is 1. The fourth-order valence-corrected chi connectivity index (χ4v) is 3.23. The quantitative estimate of drug-likeness (QED) is 0.496. The predicted molar refractivity (Wildman–Crippen MR) is 63.4 cm³/mol. The molecule has 0 aliphatic carbocycles. The van der Waals surface area contributed by atoms with Gasteiger partial charge in [0.05, 0.1) is 5.60 Å². The Morgan fingerprint density at radius 1 is 1.31 bits per heavy atom. The SMILES string of the molecule is CCC(Cl)C(C)C(CC)(CC)O[SiH3]. The maximum Gasteiger partial charge on any atom is 0.146 e. The molecule has 0 saturated carbocycles. The van der Waals surface area contributed by atoms with Gasteiger partial charge in [-0.05, 0) is 19.3 Å². The van der Waals surface area contributed by atoms with Crippen LogP contribution in [0.15, 0.2) is 0 Å². The summed E-state index contributed by atoms with van der Waals surface area (Å²) in [5.74, 6) is 0.451. The average Bonchev–Trinajstić information content (AvgIpc) is 2.20. The third kappa shape index (κ3) is 2.96. The Kier molecular flexibility index (Phi) is 6.26. The molecular formula is C10H23ClOSi. The highest BCUT2D eigenvalue weighted by Crippen LogP contribution is 2.34. The van der Waals surface area contributed by atoms with Gasteiger partial charge in [0, 0.05) is 11.3 Å². The summed E-state index contributed by atoms with van der Waals surface area (Å²) >= 11 is 6.27. The van der Waals surface area contributed by atoms with Crippen molar-refractivity contribution in [3.63, 3.8) is 0 Å². The summed E-state index contributed by atoms with van der Waals surface area (Å²) in [6, 6.07) is 0. The largest absolute Gasteiger partial charge is 0.422 e. The van der Waals surface area contributed by atoms with Crippen LogP contribution in [0.2, 0.25) is 0 Å². The number of hydrogen-bond donors (Lipinski definition) is 0. The van der Waals surface area contributed by atoms with Crippen molar-refractivity contribution in [1.82, 2.24) is 0 Å². The van der Waals surface area contributed by atoms with E-state index in [4.69, 9.17) is 16.0 Å². The van der Waals surface area contributed by atoms with Gasteiger partial charge in [-0.25, -0.2) is 0 Å². The van der Waals surface area contributed by atoms with E-state index in [0.29, 0.717) is 5.92 Å². The molecule has 0 aromatic heterocycles. The lowest BCUT2D eigenvalue weighted by atomic mass is 9.81. The molecule has 0 fully saturated rings. The van der Waals surface area contributed by atoms with Crippen LogP contribution in [0, 0.1) is 5.92 Å². The Hall–Kier alpha value is 0.467. The zero-order chi connectivity index (χ0) is 10.5. The van der Waals surface area contributed by atoms with Gasteiger partial charge in [0.25, 0.3) is 0 Å². The van der Waals surface area contributed by atoms with Crippen LogP contribution in [-0.4, -0.2) is 21.5 Å². The van der Waals surface area contributed by atoms with Gasteiger partial charge in [-0.15, -0.1) is 11.6 Å². The molecule has 0 aromatic rings. The lowest BCUT2D eigenvalue weighted by molar-refractivity contribution is 0.0128. The normalized spacial score (nSPS) is 17.3. The Morgan fingerprint density at radius 3 is 2.00 bits per heavy atom. The van der Waals surface area contributed by atoms with Gasteiger partial charge in [-0.1, -0.05) is 27.7 Å². The smallest absolute Gasteiger partial charge is 0.146 e. The molecule has 0 spiro atoms. The third-order valence-corrected chi connectivity index (χ3v) is 4.87. The summed E-state index contributed by atoms with van der Waals surface area (Å²) in [5.41, 5.74) is 0.0364. The molecular weight excluding hydrogens is 200 g/mol. The summed E-state index contributed by atoms with van der Waals surface area (Å²) < 4.78 is 5.78. The molecule has 1 nitrogen and oxygen atoms in total. The average molecular weight is 223 g/mol. The Labute approximate surface area is 90.7 Å². The van der Waals surface area contributed by atoms with Gasteiger partial charge in [0.2, 0.25) is 0 Å². The van der Waals surface area contributed by atoms with Gasteiger partial charge in [-0.2, -0.15) is 0 Å². The topological polar surface area (TPSA) is 9.23 Å². The van der Waals surface area contributed by atoms with Crippen LogP contribution >= 0.6 is 11.6 Å². The van der Waals surface area contributed by atoms with Gasteiger partial charge in [-0.3, -0.25) is 0 Å². The maximum absolute atomic E-state index is 6.27. The van der Waals surface area contributed by atoms with Crippen molar-refractivity contribution in [3.05, 3.63) is 0 Å². The first-order chi connectivity index (χ1) is 6.07. The van der Waals surface area contributed by atoms with Crippen molar-refractivity contribution in [1.29, 1.82) is 0 Å². The molecule has 0 aliphatic rings. The van der Waals surface area contributed by atoms with E-state index in [1.807, 2.05) is 0 Å². The van der Waals surface area contributed by atoms with Crippen molar-refractivity contribution in [2.45, 2.75) is 57.9 Å². The van der Waals surface area contributed by atoms with E-state index in [1.165, 1.54) is 0 Å². The minimum atomic E-state index is 0.0364. The third-order valence-electron chi connectivity index (χ3n) is 3.37. The molecule has 0 N–H and O–H groups in total. The van der Waals surface area contributed by atoms with E-state index < -0.39 is 0 Å². The molecule has 13 heavy (non-hydrogen) atoms. The first kappa shape index (κ1) is 13.5. The van der Waals surface area contributed by atoms with Gasteiger partial charge in [0.1, 0.15) is 10.5 Å². The zero-order valence-electron chi connectivity index (χ0n) is 9.56. The van der Waals surface area contributed by atoms with Gasteiger partial charge < -0.3 is 4.43 Å². The monoisotopic (exact) mass is 222 g/mol. The highest BCUT2D eigenvalue weighted by atomic mass is 35.5. The minimum Gasteiger partial charge on any atom is -0.422 e. The van der Waals surface area contributed by atoms with Gasteiger partial charge in [0.15, 0.2) is 0 Å². The second-order valence-electron chi connectivity index (χ2n) is 3.69. The summed E-state index contributed by atoms with van der Waals surface area (Å²) in [6.07, 6.45) is 3.16. The molecule has 0 amide bonds. The molecule has 3 heteroatoms. The molecule has 2 unspecified atom stereocenters. The van der Waals surface area contributed by atoms with Crippen molar-refractivity contribution in [2.24, 2.45) is 5.92 Å². The standard InChI is InChI=1S/C10H23ClOSi/c1-5-9(11)8(4)10(6-2,7-3)12-13/h8-9H,5-7H2,1-4,13H3. The summed E-state index contributed by atoms with van der Waals surface area (Å²) in [7, 11) is 0.803.